The molecule has 0 amide bonds. The molecule has 1 spiro atoms. The van der Waals surface area contributed by atoms with Gasteiger partial charge in [0.15, 0.2) is 0 Å². The fourth-order valence-corrected chi connectivity index (χ4v) is 3.15. The van der Waals surface area contributed by atoms with Gasteiger partial charge >= 0.3 is 0 Å². The summed E-state index contributed by atoms with van der Waals surface area (Å²) in [5, 5.41) is 0. The normalized spacial score (nSPS) is 25.7. The van der Waals surface area contributed by atoms with Crippen LogP contribution in [-0.4, -0.2) is 61.4 Å². The van der Waals surface area contributed by atoms with Gasteiger partial charge in [-0.1, -0.05) is 19.8 Å². The van der Waals surface area contributed by atoms with Crippen molar-refractivity contribution in [3.63, 3.8) is 0 Å². The second-order valence-corrected chi connectivity index (χ2v) is 5.82. The summed E-state index contributed by atoms with van der Waals surface area (Å²) < 4.78 is 6.13. The first-order valence-corrected chi connectivity index (χ1v) is 7.57. The van der Waals surface area contributed by atoms with Gasteiger partial charge in [0.1, 0.15) is 0 Å². The number of nitrogens with zero attached hydrogens (tertiary/aromatic N) is 2. The van der Waals surface area contributed by atoms with Crippen molar-refractivity contribution in [2.24, 2.45) is 5.73 Å². The van der Waals surface area contributed by atoms with Gasteiger partial charge in [0.05, 0.1) is 12.2 Å². The average molecular weight is 255 g/mol. The standard InChI is InChI=1S/C14H29N3O/c1-2-3-4-7-16-10-11-18-14(12-16)5-8-17(13-15)9-6-14/h2-13,15H2,1H3. The van der Waals surface area contributed by atoms with E-state index in [4.69, 9.17) is 10.5 Å². The zero-order chi connectivity index (χ0) is 12.8. The van der Waals surface area contributed by atoms with E-state index in [1.807, 2.05) is 0 Å². The monoisotopic (exact) mass is 255 g/mol. The highest BCUT2D eigenvalue weighted by molar-refractivity contribution is 4.92. The van der Waals surface area contributed by atoms with E-state index >= 15 is 0 Å². The second kappa shape index (κ2) is 6.85. The third-order valence-corrected chi connectivity index (χ3v) is 4.43. The zero-order valence-electron chi connectivity index (χ0n) is 11.9. The first-order chi connectivity index (χ1) is 8.78. The Morgan fingerprint density at radius 3 is 2.56 bits per heavy atom. The van der Waals surface area contributed by atoms with Crippen LogP contribution in [0.4, 0.5) is 0 Å². The molecule has 2 rings (SSSR count). The lowest BCUT2D eigenvalue weighted by Gasteiger charge is -2.47. The number of piperidine rings is 1. The van der Waals surface area contributed by atoms with Crippen LogP contribution >= 0.6 is 0 Å². The lowest BCUT2D eigenvalue weighted by atomic mass is 9.89. The highest BCUT2D eigenvalue weighted by Gasteiger charge is 2.39. The molecule has 2 aliphatic heterocycles. The highest BCUT2D eigenvalue weighted by atomic mass is 16.5. The number of hydrogen-bond donors (Lipinski definition) is 1. The molecule has 106 valence electrons. The Hall–Kier alpha value is -0.160. The molecule has 0 aromatic rings. The molecule has 2 N–H and O–H groups in total. The highest BCUT2D eigenvalue weighted by Crippen LogP contribution is 2.29. The van der Waals surface area contributed by atoms with Crippen molar-refractivity contribution >= 4 is 0 Å². The number of unbranched alkanes of at least 4 members (excludes halogenated alkanes) is 2. The van der Waals surface area contributed by atoms with Crippen LogP contribution in [0.2, 0.25) is 0 Å². The number of hydrogen-bond acceptors (Lipinski definition) is 4. The number of rotatable bonds is 5. The fourth-order valence-electron chi connectivity index (χ4n) is 3.15. The van der Waals surface area contributed by atoms with Crippen molar-refractivity contribution in [3.8, 4) is 0 Å². The third-order valence-electron chi connectivity index (χ3n) is 4.43. The largest absolute Gasteiger partial charge is 0.372 e. The van der Waals surface area contributed by atoms with Gasteiger partial charge in [-0.2, -0.15) is 0 Å². The third kappa shape index (κ3) is 3.67. The summed E-state index contributed by atoms with van der Waals surface area (Å²) >= 11 is 0. The summed E-state index contributed by atoms with van der Waals surface area (Å²) in [5.74, 6) is 0. The van der Waals surface area contributed by atoms with Crippen LogP contribution in [0.25, 0.3) is 0 Å². The number of ether oxygens (including phenoxy) is 1. The Morgan fingerprint density at radius 1 is 1.11 bits per heavy atom. The Morgan fingerprint density at radius 2 is 1.89 bits per heavy atom. The quantitative estimate of drug-likeness (QED) is 0.751. The van der Waals surface area contributed by atoms with Gasteiger partial charge in [-0.25, -0.2) is 0 Å². The van der Waals surface area contributed by atoms with E-state index < -0.39 is 0 Å². The molecule has 0 aromatic heterocycles. The van der Waals surface area contributed by atoms with Gasteiger partial charge in [0.25, 0.3) is 0 Å². The van der Waals surface area contributed by atoms with Crippen LogP contribution in [0.15, 0.2) is 0 Å². The molecular weight excluding hydrogens is 226 g/mol. The van der Waals surface area contributed by atoms with Crippen molar-refractivity contribution < 1.29 is 4.74 Å². The number of morpholine rings is 1. The molecule has 0 radical (unpaired) electrons. The Kier molecular flexibility index (Phi) is 5.42. The van der Waals surface area contributed by atoms with E-state index in [-0.39, 0.29) is 5.60 Å². The van der Waals surface area contributed by atoms with Gasteiger partial charge < -0.3 is 10.5 Å². The van der Waals surface area contributed by atoms with E-state index in [0.717, 1.165) is 45.6 Å². The summed E-state index contributed by atoms with van der Waals surface area (Å²) in [7, 11) is 0. The molecule has 0 atom stereocenters. The SMILES string of the molecule is CCCCCN1CCOC2(CCN(CN)CC2)C1. The summed E-state index contributed by atoms with van der Waals surface area (Å²) in [6.07, 6.45) is 6.29. The van der Waals surface area contributed by atoms with Crippen LogP contribution < -0.4 is 5.73 Å². The van der Waals surface area contributed by atoms with E-state index in [1.54, 1.807) is 0 Å². The Bertz CT molecular complexity index is 239. The van der Waals surface area contributed by atoms with Crippen molar-refractivity contribution in [2.45, 2.75) is 44.6 Å². The minimum atomic E-state index is 0.135. The molecule has 0 unspecified atom stereocenters. The minimum absolute atomic E-state index is 0.135. The molecule has 2 fully saturated rings. The molecule has 0 aliphatic carbocycles. The average Bonchev–Trinajstić information content (AvgIpc) is 2.40. The molecule has 0 saturated carbocycles. The first-order valence-electron chi connectivity index (χ1n) is 7.57. The Balaban J connectivity index is 1.79. The molecule has 0 aromatic carbocycles. The maximum Gasteiger partial charge on any atom is 0.0833 e. The van der Waals surface area contributed by atoms with Gasteiger partial charge in [0.2, 0.25) is 0 Å². The predicted octanol–water partition coefficient (Wildman–Crippen LogP) is 1.26. The van der Waals surface area contributed by atoms with Crippen molar-refractivity contribution in [1.82, 2.24) is 9.80 Å². The fraction of sp³-hybridized carbons (Fsp3) is 1.00. The summed E-state index contributed by atoms with van der Waals surface area (Å²) in [4.78, 5) is 4.93. The Labute approximate surface area is 111 Å². The van der Waals surface area contributed by atoms with E-state index in [0.29, 0.717) is 6.67 Å². The van der Waals surface area contributed by atoms with Crippen LogP contribution in [0.3, 0.4) is 0 Å². The minimum Gasteiger partial charge on any atom is -0.372 e. The molecule has 4 nitrogen and oxygen atoms in total. The molecule has 18 heavy (non-hydrogen) atoms. The molecule has 2 aliphatic rings. The molecule has 2 saturated heterocycles. The number of nitrogens with two attached hydrogens (primary N) is 1. The van der Waals surface area contributed by atoms with E-state index in [1.165, 1.54) is 25.8 Å². The molecular formula is C14H29N3O. The lowest BCUT2D eigenvalue weighted by molar-refractivity contribution is -0.135. The maximum atomic E-state index is 6.13. The van der Waals surface area contributed by atoms with Crippen molar-refractivity contribution in [3.05, 3.63) is 0 Å². The van der Waals surface area contributed by atoms with Crippen molar-refractivity contribution in [1.29, 1.82) is 0 Å². The van der Waals surface area contributed by atoms with Gasteiger partial charge in [-0.3, -0.25) is 9.80 Å². The summed E-state index contributed by atoms with van der Waals surface area (Å²) in [5.41, 5.74) is 5.84. The van der Waals surface area contributed by atoms with Crippen LogP contribution in [0.5, 0.6) is 0 Å². The predicted molar refractivity (Wildman–Crippen MR) is 74.5 cm³/mol. The maximum absolute atomic E-state index is 6.13. The van der Waals surface area contributed by atoms with Crippen LogP contribution in [0, 0.1) is 0 Å². The molecule has 0 bridgehead atoms. The topological polar surface area (TPSA) is 41.7 Å². The van der Waals surface area contributed by atoms with E-state index in [9.17, 15) is 0 Å². The summed E-state index contributed by atoms with van der Waals surface area (Å²) in [6, 6.07) is 0. The molecule has 2 heterocycles. The van der Waals surface area contributed by atoms with E-state index in [2.05, 4.69) is 16.7 Å². The number of likely N-dealkylation sites (tertiary alicyclic amines) is 1. The second-order valence-electron chi connectivity index (χ2n) is 5.82. The van der Waals surface area contributed by atoms with Crippen molar-refractivity contribution in [2.75, 3.05) is 46.0 Å². The van der Waals surface area contributed by atoms with Gasteiger partial charge in [-0.15, -0.1) is 0 Å². The lowest BCUT2D eigenvalue weighted by Crippen LogP contribution is -2.57. The molecule has 4 heteroatoms. The van der Waals surface area contributed by atoms with Crippen LogP contribution in [-0.2, 0) is 4.74 Å². The smallest absolute Gasteiger partial charge is 0.0833 e. The zero-order valence-corrected chi connectivity index (χ0v) is 11.9. The first kappa shape index (κ1) is 14.3. The van der Waals surface area contributed by atoms with Gasteiger partial charge in [-0.05, 0) is 25.8 Å². The summed E-state index contributed by atoms with van der Waals surface area (Å²) in [6.45, 7) is 9.56. The van der Waals surface area contributed by atoms with Gasteiger partial charge in [0, 0.05) is 32.8 Å². The van der Waals surface area contributed by atoms with Crippen LogP contribution in [0.1, 0.15) is 39.0 Å².